The van der Waals surface area contributed by atoms with Crippen molar-refractivity contribution in [3.05, 3.63) is 0 Å². The van der Waals surface area contributed by atoms with Gasteiger partial charge in [0.25, 0.3) is 0 Å². The molecule has 2 N–H and O–H groups in total. The summed E-state index contributed by atoms with van der Waals surface area (Å²) < 4.78 is 0. The van der Waals surface area contributed by atoms with E-state index in [9.17, 15) is 0 Å². The molecule has 0 fully saturated rings. The molecule has 0 saturated carbocycles. The largest absolute Gasteiger partial charge is 0.315 e. The van der Waals surface area contributed by atoms with Crippen LogP contribution >= 0.6 is 0 Å². The van der Waals surface area contributed by atoms with Gasteiger partial charge in [0, 0.05) is 29.2 Å². The van der Waals surface area contributed by atoms with Gasteiger partial charge in [-0.2, -0.15) is 0 Å². The zero-order valence-electron chi connectivity index (χ0n) is 13.7. The van der Waals surface area contributed by atoms with Crippen LogP contribution in [0.2, 0.25) is 51.4 Å². The summed E-state index contributed by atoms with van der Waals surface area (Å²) in [6, 6.07) is 2.90. The second kappa shape index (κ2) is 9.29. The maximum absolute atomic E-state index is 3.53. The molecular formula is C14H36N2Si2. The Hall–Kier alpha value is 0.354. The minimum Gasteiger partial charge on any atom is -0.315 e. The van der Waals surface area contributed by atoms with Crippen LogP contribution in [-0.4, -0.2) is 42.3 Å². The van der Waals surface area contributed by atoms with E-state index in [-0.39, 0.29) is 0 Å². The molecule has 0 unspecified atom stereocenters. The summed E-state index contributed by atoms with van der Waals surface area (Å²) in [5.41, 5.74) is 0. The minimum atomic E-state index is -0.813. The molecule has 0 aliphatic carbocycles. The Bertz CT molecular complexity index is 173. The van der Waals surface area contributed by atoms with E-state index < -0.39 is 16.1 Å². The van der Waals surface area contributed by atoms with E-state index in [1.54, 1.807) is 0 Å². The number of nitrogens with one attached hydrogen (secondary N) is 2. The zero-order valence-corrected chi connectivity index (χ0v) is 15.7. The SMILES string of the molecule is C[Si](C)(C)CCCNCCNCCC[Si](C)(C)C. The predicted octanol–water partition coefficient (Wildman–Crippen LogP) is 3.62. The average Bonchev–Trinajstić information content (AvgIpc) is 2.17. The lowest BCUT2D eigenvalue weighted by molar-refractivity contribution is 0.601. The van der Waals surface area contributed by atoms with Gasteiger partial charge in [0.1, 0.15) is 0 Å². The summed E-state index contributed by atoms with van der Waals surface area (Å²) >= 11 is 0. The monoisotopic (exact) mass is 288 g/mol. The summed E-state index contributed by atoms with van der Waals surface area (Å²) in [7, 11) is -1.63. The van der Waals surface area contributed by atoms with Crippen molar-refractivity contribution in [2.24, 2.45) is 0 Å². The fourth-order valence-corrected chi connectivity index (χ4v) is 4.39. The van der Waals surface area contributed by atoms with E-state index >= 15 is 0 Å². The number of rotatable bonds is 11. The molecule has 110 valence electrons. The molecule has 0 bridgehead atoms. The molecule has 0 amide bonds. The molecule has 0 aliphatic heterocycles. The molecule has 0 aromatic carbocycles. The Morgan fingerprint density at radius 2 is 0.889 bits per heavy atom. The smallest absolute Gasteiger partial charge is 0.0443 e. The number of hydrogen-bond acceptors (Lipinski definition) is 2. The van der Waals surface area contributed by atoms with E-state index in [0.717, 1.165) is 13.1 Å². The molecule has 0 saturated heterocycles. The zero-order chi connectivity index (χ0) is 14.1. The van der Waals surface area contributed by atoms with Crippen LogP contribution in [0.25, 0.3) is 0 Å². The topological polar surface area (TPSA) is 24.1 Å². The molecule has 0 heterocycles. The lowest BCUT2D eigenvalue weighted by Crippen LogP contribution is -2.30. The highest BCUT2D eigenvalue weighted by molar-refractivity contribution is 6.76. The molecule has 0 radical (unpaired) electrons. The highest BCUT2D eigenvalue weighted by atomic mass is 28.3. The third kappa shape index (κ3) is 16.4. The Kier molecular flexibility index (Phi) is 9.47. The molecule has 0 rings (SSSR count). The summed E-state index contributed by atoms with van der Waals surface area (Å²) in [6.07, 6.45) is 2.71. The van der Waals surface area contributed by atoms with Gasteiger partial charge >= 0.3 is 0 Å². The Balaban J connectivity index is 3.13. The first-order valence-electron chi connectivity index (χ1n) is 7.62. The van der Waals surface area contributed by atoms with Gasteiger partial charge in [-0.15, -0.1) is 0 Å². The van der Waals surface area contributed by atoms with Gasteiger partial charge in [0.15, 0.2) is 0 Å². The van der Waals surface area contributed by atoms with Crippen molar-refractivity contribution in [1.82, 2.24) is 10.6 Å². The molecule has 4 heteroatoms. The van der Waals surface area contributed by atoms with Crippen LogP contribution in [0, 0.1) is 0 Å². The average molecular weight is 289 g/mol. The third-order valence-corrected chi connectivity index (χ3v) is 6.75. The maximum atomic E-state index is 3.53. The predicted molar refractivity (Wildman–Crippen MR) is 91.3 cm³/mol. The minimum absolute atomic E-state index is 0.813. The van der Waals surface area contributed by atoms with Crippen LogP contribution < -0.4 is 10.6 Å². The number of hydrogen-bond donors (Lipinski definition) is 2. The van der Waals surface area contributed by atoms with Crippen molar-refractivity contribution >= 4 is 16.1 Å². The second-order valence-corrected chi connectivity index (χ2v) is 19.1. The summed E-state index contributed by atoms with van der Waals surface area (Å²) in [6.45, 7) is 19.3. The highest BCUT2D eigenvalue weighted by Crippen LogP contribution is 2.10. The van der Waals surface area contributed by atoms with E-state index in [2.05, 4.69) is 49.9 Å². The van der Waals surface area contributed by atoms with E-state index in [4.69, 9.17) is 0 Å². The quantitative estimate of drug-likeness (QED) is 0.448. The molecule has 0 atom stereocenters. The first-order valence-corrected chi connectivity index (χ1v) is 15.0. The van der Waals surface area contributed by atoms with Crippen LogP contribution in [0.1, 0.15) is 12.8 Å². The molecule has 0 aromatic heterocycles. The van der Waals surface area contributed by atoms with Crippen LogP contribution in [0.3, 0.4) is 0 Å². The molecule has 2 nitrogen and oxygen atoms in total. The Morgan fingerprint density at radius 1 is 0.556 bits per heavy atom. The van der Waals surface area contributed by atoms with Gasteiger partial charge in [-0.1, -0.05) is 51.4 Å². The fourth-order valence-electron chi connectivity index (χ4n) is 1.91. The van der Waals surface area contributed by atoms with Crippen molar-refractivity contribution in [3.63, 3.8) is 0 Å². The van der Waals surface area contributed by atoms with Crippen LogP contribution in [0.15, 0.2) is 0 Å². The van der Waals surface area contributed by atoms with Crippen molar-refractivity contribution < 1.29 is 0 Å². The second-order valence-electron chi connectivity index (χ2n) is 7.83. The van der Waals surface area contributed by atoms with E-state index in [1.807, 2.05) is 0 Å². The van der Waals surface area contributed by atoms with Gasteiger partial charge in [0.05, 0.1) is 0 Å². The van der Waals surface area contributed by atoms with Crippen LogP contribution in [-0.2, 0) is 0 Å². The maximum Gasteiger partial charge on any atom is 0.0443 e. The molecular weight excluding hydrogens is 252 g/mol. The van der Waals surface area contributed by atoms with Crippen molar-refractivity contribution in [2.45, 2.75) is 64.2 Å². The summed E-state index contributed by atoms with van der Waals surface area (Å²) in [5.74, 6) is 0. The molecule has 0 spiro atoms. The van der Waals surface area contributed by atoms with Crippen LogP contribution in [0.4, 0.5) is 0 Å². The van der Waals surface area contributed by atoms with Gasteiger partial charge in [-0.25, -0.2) is 0 Å². The lowest BCUT2D eigenvalue weighted by atomic mass is 10.4. The van der Waals surface area contributed by atoms with Gasteiger partial charge in [0.2, 0.25) is 0 Å². The van der Waals surface area contributed by atoms with Crippen molar-refractivity contribution in [2.75, 3.05) is 26.2 Å². The first kappa shape index (κ1) is 18.4. The Labute approximate surface area is 117 Å². The molecule has 0 aliphatic rings. The van der Waals surface area contributed by atoms with Crippen LogP contribution in [0.5, 0.6) is 0 Å². The van der Waals surface area contributed by atoms with Crippen molar-refractivity contribution in [1.29, 1.82) is 0 Å². The Morgan fingerprint density at radius 3 is 1.17 bits per heavy atom. The van der Waals surface area contributed by atoms with Crippen molar-refractivity contribution in [3.8, 4) is 0 Å². The standard InChI is InChI=1S/C14H36N2Si2/c1-17(2,3)13-7-9-15-11-12-16-10-8-14-18(4,5)6/h15-16H,7-14H2,1-6H3. The van der Waals surface area contributed by atoms with E-state index in [1.165, 1.54) is 38.0 Å². The summed E-state index contributed by atoms with van der Waals surface area (Å²) in [5, 5.41) is 7.07. The van der Waals surface area contributed by atoms with Gasteiger partial charge in [-0.05, 0) is 25.9 Å². The highest BCUT2D eigenvalue weighted by Gasteiger charge is 2.12. The summed E-state index contributed by atoms with van der Waals surface area (Å²) in [4.78, 5) is 0. The lowest BCUT2D eigenvalue weighted by Gasteiger charge is -2.16. The molecule has 18 heavy (non-hydrogen) atoms. The normalized spacial score (nSPS) is 13.0. The van der Waals surface area contributed by atoms with Gasteiger partial charge in [-0.3, -0.25) is 0 Å². The first-order chi connectivity index (χ1) is 8.21. The third-order valence-electron chi connectivity index (χ3n) is 3.04. The fraction of sp³-hybridized carbons (Fsp3) is 1.00. The molecule has 0 aromatic rings. The van der Waals surface area contributed by atoms with Gasteiger partial charge < -0.3 is 10.6 Å². The van der Waals surface area contributed by atoms with E-state index in [0.29, 0.717) is 0 Å².